The van der Waals surface area contributed by atoms with Gasteiger partial charge < -0.3 is 4.90 Å². The number of hydrogen-bond acceptors (Lipinski definition) is 1. The number of likely N-dealkylation sites (tertiary alicyclic amines) is 1. The summed E-state index contributed by atoms with van der Waals surface area (Å²) in [5.74, 6) is 2.08. The number of alkyl halides is 1. The molecule has 0 spiro atoms. The Balaban J connectivity index is 2.26. The van der Waals surface area contributed by atoms with Crippen molar-refractivity contribution in [3.05, 3.63) is 0 Å². The monoisotopic (exact) mass is 414 g/mol. The summed E-state index contributed by atoms with van der Waals surface area (Å²) in [6.07, 6.45) is 9.99. The average Bonchev–Trinajstić information content (AvgIpc) is 2.45. The molecule has 0 aromatic carbocycles. The molecule has 3 atom stereocenters. The summed E-state index contributed by atoms with van der Waals surface area (Å²) < 4.78 is -0.0135. The molecule has 124 valence electrons. The maximum absolute atomic E-state index is 6.60. The predicted octanol–water partition coefficient (Wildman–Crippen LogP) is 4.94. The fourth-order valence-electron chi connectivity index (χ4n) is 4.26. The van der Waals surface area contributed by atoms with Crippen LogP contribution in [0.1, 0.15) is 79.1 Å². The molecule has 2 radical (unpaired) electrons. The summed E-state index contributed by atoms with van der Waals surface area (Å²) in [6, 6.07) is 1.57. The maximum Gasteiger partial charge on any atom is 0.0997 e. The number of halogens is 1. The Morgan fingerprint density at radius 2 is 1.91 bits per heavy atom. The van der Waals surface area contributed by atoms with Gasteiger partial charge in [-0.25, -0.2) is 0 Å². The predicted molar refractivity (Wildman–Crippen MR) is 106 cm³/mol. The van der Waals surface area contributed by atoms with Crippen LogP contribution in [0.3, 0.4) is 0 Å². The number of amidine groups is 1. The molecular weight excluding hydrogens is 382 g/mol. The zero-order valence-electron chi connectivity index (χ0n) is 14.8. The largest absolute Gasteiger partial charge is 0.355 e. The van der Waals surface area contributed by atoms with Gasteiger partial charge >= 0.3 is 0 Å². The lowest BCUT2D eigenvalue weighted by Gasteiger charge is -2.47. The van der Waals surface area contributed by atoms with Crippen molar-refractivity contribution in [3.8, 4) is 0 Å². The van der Waals surface area contributed by atoms with E-state index in [1.54, 1.807) is 0 Å². The van der Waals surface area contributed by atoms with Crippen LogP contribution in [0.15, 0.2) is 4.99 Å². The van der Waals surface area contributed by atoms with Gasteiger partial charge in [0.2, 0.25) is 0 Å². The molecule has 1 saturated carbocycles. The normalized spacial score (nSPS) is 36.1. The van der Waals surface area contributed by atoms with Crippen LogP contribution in [-0.2, 0) is 0 Å². The van der Waals surface area contributed by atoms with Crippen molar-refractivity contribution in [3.63, 3.8) is 0 Å². The first-order chi connectivity index (χ1) is 10.3. The van der Waals surface area contributed by atoms with Crippen LogP contribution in [0.4, 0.5) is 0 Å². The molecule has 1 aliphatic carbocycles. The molecule has 4 heteroatoms. The smallest absolute Gasteiger partial charge is 0.0997 e. The van der Waals surface area contributed by atoms with Gasteiger partial charge in [-0.3, -0.25) is 4.99 Å². The topological polar surface area (TPSA) is 15.6 Å². The highest BCUT2D eigenvalue weighted by molar-refractivity contribution is 14.1. The molecule has 2 rings (SSSR count). The highest BCUT2D eigenvalue weighted by atomic mass is 127. The van der Waals surface area contributed by atoms with Crippen LogP contribution in [0.2, 0.25) is 0 Å². The quantitative estimate of drug-likeness (QED) is 0.355. The maximum atomic E-state index is 6.60. The van der Waals surface area contributed by atoms with Crippen molar-refractivity contribution in [2.75, 3.05) is 0 Å². The molecule has 2 nitrogen and oxygen atoms in total. The molecular formula is C18H32BIN2. The van der Waals surface area contributed by atoms with E-state index in [0.717, 1.165) is 18.8 Å². The van der Waals surface area contributed by atoms with E-state index in [0.29, 0.717) is 18.1 Å². The lowest BCUT2D eigenvalue weighted by Crippen LogP contribution is -2.53. The third-order valence-electron chi connectivity index (χ3n) is 5.10. The summed E-state index contributed by atoms with van der Waals surface area (Å²) in [5.41, 5.74) is 0. The zero-order valence-corrected chi connectivity index (χ0v) is 17.0. The summed E-state index contributed by atoms with van der Waals surface area (Å²) in [5, 5.41) is 0. The third kappa shape index (κ3) is 4.88. The molecule has 3 unspecified atom stereocenters. The molecule has 0 amide bonds. The molecule has 0 N–H and O–H groups in total. The molecule has 1 heterocycles. The van der Waals surface area contributed by atoms with Crippen LogP contribution >= 0.6 is 22.6 Å². The van der Waals surface area contributed by atoms with Crippen LogP contribution in [0, 0.1) is 5.92 Å². The number of hydrogen-bond donors (Lipinski definition) is 0. The van der Waals surface area contributed by atoms with Crippen LogP contribution < -0.4 is 0 Å². The highest BCUT2D eigenvalue weighted by Crippen LogP contribution is 2.40. The lowest BCUT2D eigenvalue weighted by atomic mass is 9.72. The second-order valence-corrected chi connectivity index (χ2v) is 9.99. The van der Waals surface area contributed by atoms with E-state index in [2.05, 4.69) is 55.2 Å². The van der Waals surface area contributed by atoms with Gasteiger partial charge in [0.15, 0.2) is 0 Å². The standard InChI is InChI=1S/C18H32BIN2/c1-13(2)21-17-10-9-15-12-18(19,20)11-7-5-6-8-16(15)22(17)14(3)4/h13-16H,5-12H2,1-4H3. The van der Waals surface area contributed by atoms with Gasteiger partial charge in [0.05, 0.1) is 13.7 Å². The van der Waals surface area contributed by atoms with E-state index in [9.17, 15) is 0 Å². The third-order valence-corrected chi connectivity index (χ3v) is 6.08. The van der Waals surface area contributed by atoms with Gasteiger partial charge in [0, 0.05) is 24.5 Å². The second kappa shape index (κ2) is 7.89. The minimum atomic E-state index is -0.0135. The average molecular weight is 414 g/mol. The van der Waals surface area contributed by atoms with E-state index < -0.39 is 0 Å². The Morgan fingerprint density at radius 3 is 2.55 bits per heavy atom. The molecule has 22 heavy (non-hydrogen) atoms. The molecule has 2 fully saturated rings. The number of fused-ring (bicyclic) bond motifs is 1. The Kier molecular flexibility index (Phi) is 6.67. The van der Waals surface area contributed by atoms with Crippen molar-refractivity contribution < 1.29 is 0 Å². The molecule has 0 aromatic rings. The number of nitrogens with zero attached hydrogens (tertiary/aromatic N) is 2. The molecule has 1 saturated heterocycles. The summed E-state index contributed by atoms with van der Waals surface area (Å²) in [6.45, 7) is 9.03. The van der Waals surface area contributed by atoms with Crippen molar-refractivity contribution in [1.82, 2.24) is 4.90 Å². The Bertz CT molecular complexity index is 393. The van der Waals surface area contributed by atoms with Gasteiger partial charge in [0.25, 0.3) is 0 Å². The number of rotatable bonds is 2. The van der Waals surface area contributed by atoms with Crippen molar-refractivity contribution in [2.24, 2.45) is 10.9 Å². The van der Waals surface area contributed by atoms with Gasteiger partial charge in [-0.15, -0.1) is 0 Å². The van der Waals surface area contributed by atoms with Gasteiger partial charge in [-0.05, 0) is 62.6 Å². The fourth-order valence-corrected chi connectivity index (χ4v) is 5.21. The van der Waals surface area contributed by atoms with Gasteiger partial charge in [-0.2, -0.15) is 0 Å². The van der Waals surface area contributed by atoms with Crippen LogP contribution in [0.25, 0.3) is 0 Å². The molecule has 2 aliphatic rings. The first-order valence-corrected chi connectivity index (χ1v) is 10.2. The minimum absolute atomic E-state index is 0.0135. The molecule has 0 bridgehead atoms. The number of aliphatic imine (C=N–C) groups is 1. The van der Waals surface area contributed by atoms with Gasteiger partial charge in [-0.1, -0.05) is 41.9 Å². The van der Waals surface area contributed by atoms with Crippen molar-refractivity contribution in [2.45, 2.75) is 101 Å². The Morgan fingerprint density at radius 1 is 1.18 bits per heavy atom. The van der Waals surface area contributed by atoms with E-state index in [4.69, 9.17) is 12.8 Å². The van der Waals surface area contributed by atoms with E-state index >= 15 is 0 Å². The van der Waals surface area contributed by atoms with Crippen molar-refractivity contribution >= 4 is 36.3 Å². The van der Waals surface area contributed by atoms with E-state index in [1.165, 1.54) is 44.4 Å². The first kappa shape index (κ1) is 18.6. The highest BCUT2D eigenvalue weighted by Gasteiger charge is 2.39. The van der Waals surface area contributed by atoms with Crippen molar-refractivity contribution in [1.29, 1.82) is 0 Å². The summed E-state index contributed by atoms with van der Waals surface area (Å²) >= 11 is 2.52. The zero-order chi connectivity index (χ0) is 16.3. The molecule has 1 aliphatic heterocycles. The second-order valence-electron chi connectivity index (χ2n) is 7.84. The molecule has 0 aromatic heterocycles. The number of piperidine rings is 1. The Hall–Kier alpha value is 0.265. The minimum Gasteiger partial charge on any atom is -0.355 e. The SMILES string of the molecule is [B]C1(I)CCCCCC2C(CCC(=NC(C)C)N2C(C)C)C1. The van der Waals surface area contributed by atoms with E-state index in [-0.39, 0.29) is 3.32 Å². The Labute approximate surface area is 152 Å². The lowest BCUT2D eigenvalue weighted by molar-refractivity contribution is 0.139. The van der Waals surface area contributed by atoms with Crippen LogP contribution in [-0.4, -0.2) is 40.0 Å². The summed E-state index contributed by atoms with van der Waals surface area (Å²) in [4.78, 5) is 7.60. The van der Waals surface area contributed by atoms with Gasteiger partial charge in [0.1, 0.15) is 0 Å². The van der Waals surface area contributed by atoms with E-state index in [1.807, 2.05) is 0 Å². The fraction of sp³-hybridized carbons (Fsp3) is 0.944. The van der Waals surface area contributed by atoms with Crippen LogP contribution in [0.5, 0.6) is 0 Å². The first-order valence-electron chi connectivity index (χ1n) is 9.13. The summed E-state index contributed by atoms with van der Waals surface area (Å²) in [7, 11) is 6.60.